The van der Waals surface area contributed by atoms with Gasteiger partial charge in [0, 0.05) is 51.0 Å². The molecule has 2 aliphatic rings. The van der Waals surface area contributed by atoms with E-state index in [1.54, 1.807) is 28.9 Å². The lowest BCUT2D eigenvalue weighted by atomic mass is 10.1. The number of nitrogens with one attached hydrogen (secondary N) is 1. The highest BCUT2D eigenvalue weighted by Crippen LogP contribution is 2.31. The third-order valence-electron chi connectivity index (χ3n) is 6.82. The van der Waals surface area contributed by atoms with E-state index < -0.39 is 23.6 Å². The Balaban J connectivity index is 1.20. The first-order valence-electron chi connectivity index (χ1n) is 12.0. The number of fused-ring (bicyclic) bond motifs is 1. The molecule has 0 aliphatic carbocycles. The summed E-state index contributed by atoms with van der Waals surface area (Å²) >= 11 is 0. The number of hydrogen-bond acceptors (Lipinski definition) is 6. The Morgan fingerprint density at radius 1 is 1.05 bits per heavy atom. The van der Waals surface area contributed by atoms with Crippen LogP contribution in [0, 0.1) is 24.5 Å². The first-order chi connectivity index (χ1) is 17.7. The van der Waals surface area contributed by atoms with Gasteiger partial charge in [0.1, 0.15) is 17.3 Å². The average molecular weight is 513 g/mol. The van der Waals surface area contributed by atoms with E-state index in [0.29, 0.717) is 55.9 Å². The van der Waals surface area contributed by atoms with E-state index >= 15 is 0 Å². The van der Waals surface area contributed by atoms with E-state index in [2.05, 4.69) is 10.3 Å². The fourth-order valence-electron chi connectivity index (χ4n) is 4.86. The molecule has 3 N–H and O–H groups in total. The highest BCUT2D eigenvalue weighted by molar-refractivity contribution is 6.09. The van der Waals surface area contributed by atoms with Crippen LogP contribution in [0.15, 0.2) is 34.7 Å². The summed E-state index contributed by atoms with van der Waals surface area (Å²) < 4.78 is 32.8. The zero-order chi connectivity index (χ0) is 26.3. The van der Waals surface area contributed by atoms with Gasteiger partial charge in [-0.15, -0.1) is 0 Å². The molecule has 0 spiro atoms. The topological polar surface area (TPSA) is 125 Å². The van der Waals surface area contributed by atoms with Gasteiger partial charge in [-0.05, 0) is 37.6 Å². The third-order valence-corrected chi connectivity index (χ3v) is 6.82. The maximum atomic E-state index is 14.1. The highest BCUT2D eigenvalue weighted by Gasteiger charge is 2.35. The van der Waals surface area contributed by atoms with Crippen molar-refractivity contribution in [3.8, 4) is 0 Å². The number of benzene rings is 1. The number of amides is 4. The first-order valence-corrected chi connectivity index (χ1v) is 12.0. The minimum Gasteiger partial charge on any atom is -0.430 e. The molecule has 2 aromatic heterocycles. The smallest absolute Gasteiger partial charge is 0.321 e. The van der Waals surface area contributed by atoms with Crippen LogP contribution in [0.1, 0.15) is 22.7 Å². The van der Waals surface area contributed by atoms with Gasteiger partial charge >= 0.3 is 6.03 Å². The van der Waals surface area contributed by atoms with E-state index in [0.717, 1.165) is 6.07 Å². The molecule has 1 atom stereocenters. The fraction of sp³-hybridized carbons (Fsp3) is 0.360. The number of carbonyl (C=O) groups excluding carboxylic acids is 3. The van der Waals surface area contributed by atoms with Crippen LogP contribution in [0.3, 0.4) is 0 Å². The Labute approximate surface area is 211 Å². The largest absolute Gasteiger partial charge is 0.430 e. The van der Waals surface area contributed by atoms with Gasteiger partial charge in [-0.2, -0.15) is 0 Å². The third kappa shape index (κ3) is 4.78. The number of nitrogens with zero attached hydrogens (tertiary/aromatic N) is 4. The molecule has 0 bridgehead atoms. The number of aromatic nitrogens is 1. The highest BCUT2D eigenvalue weighted by atomic mass is 19.1. The number of rotatable bonds is 4. The zero-order valence-electron chi connectivity index (χ0n) is 20.2. The molecule has 12 heteroatoms. The Morgan fingerprint density at radius 2 is 1.81 bits per heavy atom. The normalized spacial score (nSPS) is 17.9. The molecule has 3 aromatic rings. The fourth-order valence-corrected chi connectivity index (χ4v) is 4.86. The Kier molecular flexibility index (Phi) is 6.40. The summed E-state index contributed by atoms with van der Waals surface area (Å²) in [7, 11) is 0. The summed E-state index contributed by atoms with van der Waals surface area (Å²) in [5.41, 5.74) is 6.77. The summed E-state index contributed by atoms with van der Waals surface area (Å²) in [6.07, 6.45) is 0.495. The minimum atomic E-state index is -0.833. The quantitative estimate of drug-likeness (QED) is 0.554. The number of likely N-dealkylation sites (tertiary alicyclic amines) is 1. The van der Waals surface area contributed by atoms with Crippen molar-refractivity contribution in [2.45, 2.75) is 13.3 Å². The van der Waals surface area contributed by atoms with Gasteiger partial charge in [-0.1, -0.05) is 0 Å². The van der Waals surface area contributed by atoms with Crippen molar-refractivity contribution in [2.24, 2.45) is 11.7 Å². The Bertz CT molecular complexity index is 1390. The van der Waals surface area contributed by atoms with Crippen molar-refractivity contribution in [2.75, 3.05) is 49.5 Å². The van der Waals surface area contributed by atoms with Crippen molar-refractivity contribution in [1.29, 1.82) is 0 Å². The second kappa shape index (κ2) is 9.68. The van der Waals surface area contributed by atoms with E-state index in [1.165, 1.54) is 17.0 Å². The van der Waals surface area contributed by atoms with Crippen LogP contribution in [-0.2, 0) is 4.79 Å². The van der Waals surface area contributed by atoms with Gasteiger partial charge < -0.3 is 30.2 Å². The number of primary amides is 1. The Morgan fingerprint density at radius 3 is 2.51 bits per heavy atom. The van der Waals surface area contributed by atoms with Gasteiger partial charge in [0.25, 0.3) is 5.91 Å². The summed E-state index contributed by atoms with van der Waals surface area (Å²) in [5, 5.41) is 3.16. The molecule has 0 radical (unpaired) electrons. The molecular formula is C25H26F2N6O4. The number of anilines is 2. The number of furan rings is 1. The number of urea groups is 1. The van der Waals surface area contributed by atoms with Crippen LogP contribution in [0.25, 0.3) is 11.1 Å². The van der Waals surface area contributed by atoms with Gasteiger partial charge in [0.15, 0.2) is 0 Å². The van der Waals surface area contributed by atoms with Gasteiger partial charge in [-0.25, -0.2) is 18.6 Å². The molecule has 1 unspecified atom stereocenters. The average Bonchev–Trinajstić information content (AvgIpc) is 3.49. The monoisotopic (exact) mass is 512 g/mol. The molecule has 2 fully saturated rings. The summed E-state index contributed by atoms with van der Waals surface area (Å²) in [4.78, 5) is 47.3. The van der Waals surface area contributed by atoms with Crippen molar-refractivity contribution >= 4 is 40.3 Å². The maximum Gasteiger partial charge on any atom is 0.321 e. The van der Waals surface area contributed by atoms with Crippen molar-refractivity contribution in [1.82, 2.24) is 14.8 Å². The van der Waals surface area contributed by atoms with Crippen molar-refractivity contribution < 1.29 is 27.6 Å². The Hall–Kier alpha value is -4.22. The number of pyridine rings is 1. The molecule has 4 amide bonds. The molecule has 194 valence electrons. The number of nitrogens with two attached hydrogens (primary N) is 1. The molecule has 2 aliphatic heterocycles. The van der Waals surface area contributed by atoms with E-state index in [9.17, 15) is 23.2 Å². The van der Waals surface area contributed by atoms with E-state index in [4.69, 9.17) is 10.2 Å². The molecule has 4 heterocycles. The second-order valence-electron chi connectivity index (χ2n) is 9.25. The zero-order valence-corrected chi connectivity index (χ0v) is 20.2. The van der Waals surface area contributed by atoms with Crippen molar-refractivity contribution in [3.05, 3.63) is 53.4 Å². The van der Waals surface area contributed by atoms with Crippen LogP contribution < -0.4 is 16.0 Å². The number of halogens is 2. The SMILES string of the molecule is Cc1ccc2c(NC(=O)N3CCC(C(=O)N4CCN(c5ccc(F)cc5F)CC4)C3)c(C(N)=O)oc2n1. The molecule has 37 heavy (non-hydrogen) atoms. The molecule has 2 saturated heterocycles. The van der Waals surface area contributed by atoms with Crippen LogP contribution >= 0.6 is 0 Å². The number of aryl methyl sites for hydroxylation is 1. The van der Waals surface area contributed by atoms with Gasteiger partial charge in [0.05, 0.1) is 17.0 Å². The summed E-state index contributed by atoms with van der Waals surface area (Å²) in [6, 6.07) is 6.41. The van der Waals surface area contributed by atoms with Crippen LogP contribution in [0.4, 0.5) is 25.0 Å². The van der Waals surface area contributed by atoms with Crippen LogP contribution in [-0.4, -0.2) is 71.9 Å². The van der Waals surface area contributed by atoms with Gasteiger partial charge in [0.2, 0.25) is 17.4 Å². The molecule has 1 aromatic carbocycles. The maximum absolute atomic E-state index is 14.1. The predicted molar refractivity (Wildman–Crippen MR) is 131 cm³/mol. The summed E-state index contributed by atoms with van der Waals surface area (Å²) in [6.45, 7) is 3.98. The number of hydrogen-bond donors (Lipinski definition) is 2. The standard InChI is InChI=1S/C25H26F2N6O4/c1-14-2-4-17-20(21(22(28)34)37-23(17)29-14)30-25(36)33-7-6-15(13-33)24(35)32-10-8-31(9-11-32)19-5-3-16(26)12-18(19)27/h2-5,12,15H,6-11,13H2,1H3,(H2,28,34)(H,30,36). The summed E-state index contributed by atoms with van der Waals surface area (Å²) in [5.74, 6) is -2.73. The minimum absolute atomic E-state index is 0.0687. The van der Waals surface area contributed by atoms with Crippen LogP contribution in [0.2, 0.25) is 0 Å². The number of piperazine rings is 1. The molecular weight excluding hydrogens is 486 g/mol. The van der Waals surface area contributed by atoms with E-state index in [1.807, 2.05) is 0 Å². The molecule has 5 rings (SSSR count). The molecule has 0 saturated carbocycles. The number of carbonyl (C=O) groups is 3. The molecule has 10 nitrogen and oxygen atoms in total. The first kappa shape index (κ1) is 24.5. The van der Waals surface area contributed by atoms with Crippen molar-refractivity contribution in [3.63, 3.8) is 0 Å². The predicted octanol–water partition coefficient (Wildman–Crippen LogP) is 2.72. The van der Waals surface area contributed by atoms with Gasteiger partial charge in [-0.3, -0.25) is 9.59 Å². The van der Waals surface area contributed by atoms with Crippen LogP contribution in [0.5, 0.6) is 0 Å². The lowest BCUT2D eigenvalue weighted by Crippen LogP contribution is -2.51. The lowest BCUT2D eigenvalue weighted by Gasteiger charge is -2.37. The lowest BCUT2D eigenvalue weighted by molar-refractivity contribution is -0.135. The van der Waals surface area contributed by atoms with E-state index in [-0.39, 0.29) is 35.5 Å². The second-order valence-corrected chi connectivity index (χ2v) is 9.25.